The quantitative estimate of drug-likeness (QED) is 0.931. The molecule has 0 amide bonds. The van der Waals surface area contributed by atoms with Crippen LogP contribution >= 0.6 is 0 Å². The summed E-state index contributed by atoms with van der Waals surface area (Å²) >= 11 is 0. The molecule has 4 heteroatoms. The van der Waals surface area contributed by atoms with Crippen molar-refractivity contribution in [3.8, 4) is 5.75 Å². The fourth-order valence-electron chi connectivity index (χ4n) is 2.62. The molecule has 0 radical (unpaired) electrons. The third kappa shape index (κ3) is 2.38. The molecule has 2 heterocycles. The predicted molar refractivity (Wildman–Crippen MR) is 80.5 cm³/mol. The van der Waals surface area contributed by atoms with Crippen molar-refractivity contribution in [2.75, 3.05) is 19.0 Å². The highest BCUT2D eigenvalue weighted by molar-refractivity contribution is 5.42. The van der Waals surface area contributed by atoms with E-state index in [9.17, 15) is 0 Å². The summed E-state index contributed by atoms with van der Waals surface area (Å²) in [5.41, 5.74) is 2.45. The van der Waals surface area contributed by atoms with E-state index in [1.54, 1.807) is 7.11 Å². The number of rotatable bonds is 3. The average molecular weight is 271 g/mol. The van der Waals surface area contributed by atoms with Crippen LogP contribution in [0.15, 0.2) is 30.3 Å². The van der Waals surface area contributed by atoms with Crippen molar-refractivity contribution in [2.24, 2.45) is 0 Å². The number of benzene rings is 1. The third-order valence-electron chi connectivity index (χ3n) is 3.88. The Hall–Kier alpha value is -1.97. The molecule has 2 aromatic rings. The first-order chi connectivity index (χ1) is 9.67. The minimum absolute atomic E-state index is 0.428. The summed E-state index contributed by atoms with van der Waals surface area (Å²) in [5.74, 6) is 2.94. The summed E-state index contributed by atoms with van der Waals surface area (Å²) in [4.78, 5) is 0. The molecule has 0 fully saturated rings. The van der Waals surface area contributed by atoms with E-state index in [-0.39, 0.29) is 0 Å². The summed E-state index contributed by atoms with van der Waals surface area (Å²) < 4.78 is 7.39. The number of fused-ring (bicyclic) bond motifs is 1. The van der Waals surface area contributed by atoms with Gasteiger partial charge in [0.05, 0.1) is 19.3 Å². The van der Waals surface area contributed by atoms with Crippen LogP contribution in [-0.4, -0.2) is 23.4 Å². The first-order valence-corrected chi connectivity index (χ1v) is 7.13. The van der Waals surface area contributed by atoms with Crippen molar-refractivity contribution in [1.82, 2.24) is 9.78 Å². The van der Waals surface area contributed by atoms with Crippen LogP contribution in [0, 0.1) is 0 Å². The molecule has 1 unspecified atom stereocenters. The van der Waals surface area contributed by atoms with Gasteiger partial charge in [0.15, 0.2) is 0 Å². The lowest BCUT2D eigenvalue weighted by Crippen LogP contribution is -2.26. The van der Waals surface area contributed by atoms with Crippen molar-refractivity contribution < 1.29 is 4.74 Å². The van der Waals surface area contributed by atoms with Crippen LogP contribution in [0.3, 0.4) is 0 Å². The standard InChI is InChI=1S/C16H21N3O/c1-11(2)15-8-16-17-9-13(10-19(16)18-15)12-5-4-6-14(7-12)20-3/h4-8,11,13,17H,9-10H2,1-3H3. The Morgan fingerprint density at radius 3 is 2.95 bits per heavy atom. The molecular formula is C16H21N3O. The van der Waals surface area contributed by atoms with E-state index in [4.69, 9.17) is 9.84 Å². The van der Waals surface area contributed by atoms with E-state index >= 15 is 0 Å². The molecule has 1 aliphatic rings. The highest BCUT2D eigenvalue weighted by Crippen LogP contribution is 2.29. The van der Waals surface area contributed by atoms with E-state index in [1.165, 1.54) is 5.56 Å². The molecule has 20 heavy (non-hydrogen) atoms. The molecule has 0 bridgehead atoms. The van der Waals surface area contributed by atoms with E-state index < -0.39 is 0 Å². The molecule has 3 rings (SSSR count). The number of methoxy groups -OCH3 is 1. The maximum Gasteiger partial charge on any atom is 0.124 e. The van der Waals surface area contributed by atoms with Gasteiger partial charge in [-0.25, -0.2) is 4.68 Å². The maximum atomic E-state index is 5.31. The molecule has 1 aromatic carbocycles. The Morgan fingerprint density at radius 2 is 2.20 bits per heavy atom. The number of nitrogens with zero attached hydrogens (tertiary/aromatic N) is 2. The van der Waals surface area contributed by atoms with Crippen LogP contribution < -0.4 is 10.1 Å². The van der Waals surface area contributed by atoms with Gasteiger partial charge in [0.2, 0.25) is 0 Å². The summed E-state index contributed by atoms with van der Waals surface area (Å²) in [6, 6.07) is 10.5. The van der Waals surface area contributed by atoms with Gasteiger partial charge < -0.3 is 10.1 Å². The lowest BCUT2D eigenvalue weighted by atomic mass is 9.97. The van der Waals surface area contributed by atoms with Gasteiger partial charge in [-0.15, -0.1) is 0 Å². The SMILES string of the molecule is COc1cccc(C2CNc3cc(C(C)C)nn3C2)c1. The molecule has 1 aromatic heterocycles. The van der Waals surface area contributed by atoms with Gasteiger partial charge in [0.1, 0.15) is 11.6 Å². The van der Waals surface area contributed by atoms with Gasteiger partial charge in [0, 0.05) is 18.5 Å². The predicted octanol–water partition coefficient (Wildman–Crippen LogP) is 3.22. The molecule has 106 valence electrons. The Labute approximate surface area is 119 Å². The normalized spacial score (nSPS) is 17.7. The van der Waals surface area contributed by atoms with Gasteiger partial charge in [-0.2, -0.15) is 5.10 Å². The second kappa shape index (κ2) is 5.19. The first kappa shape index (κ1) is 13.0. The fraction of sp³-hybridized carbons (Fsp3) is 0.438. The zero-order valence-corrected chi connectivity index (χ0v) is 12.3. The molecular weight excluding hydrogens is 250 g/mol. The number of aromatic nitrogens is 2. The molecule has 4 nitrogen and oxygen atoms in total. The summed E-state index contributed by atoms with van der Waals surface area (Å²) in [7, 11) is 1.71. The zero-order chi connectivity index (χ0) is 14.1. The molecule has 0 saturated heterocycles. The minimum atomic E-state index is 0.428. The summed E-state index contributed by atoms with van der Waals surface area (Å²) in [6.07, 6.45) is 0. The Bertz CT molecular complexity index is 604. The topological polar surface area (TPSA) is 39.1 Å². The molecule has 1 aliphatic heterocycles. The zero-order valence-electron chi connectivity index (χ0n) is 12.3. The van der Waals surface area contributed by atoms with Crippen LogP contribution in [0.4, 0.5) is 5.82 Å². The number of ether oxygens (including phenoxy) is 1. The molecule has 0 spiro atoms. The number of anilines is 1. The Morgan fingerprint density at radius 1 is 1.35 bits per heavy atom. The second-order valence-electron chi connectivity index (χ2n) is 5.65. The highest BCUT2D eigenvalue weighted by atomic mass is 16.5. The van der Waals surface area contributed by atoms with Gasteiger partial charge in [-0.05, 0) is 23.6 Å². The molecule has 0 saturated carbocycles. The lowest BCUT2D eigenvalue weighted by molar-refractivity contribution is 0.412. The van der Waals surface area contributed by atoms with Crippen LogP contribution in [0.5, 0.6) is 5.75 Å². The summed E-state index contributed by atoms with van der Waals surface area (Å²) in [5, 5.41) is 8.18. The molecule has 0 aliphatic carbocycles. The van der Waals surface area contributed by atoms with Crippen molar-refractivity contribution >= 4 is 5.82 Å². The average Bonchev–Trinajstić information content (AvgIpc) is 2.90. The van der Waals surface area contributed by atoms with Gasteiger partial charge in [-0.1, -0.05) is 26.0 Å². The highest BCUT2D eigenvalue weighted by Gasteiger charge is 2.22. The lowest BCUT2D eigenvalue weighted by Gasteiger charge is -2.25. The minimum Gasteiger partial charge on any atom is -0.497 e. The van der Waals surface area contributed by atoms with E-state index in [0.29, 0.717) is 11.8 Å². The second-order valence-corrected chi connectivity index (χ2v) is 5.65. The maximum absolute atomic E-state index is 5.31. The largest absolute Gasteiger partial charge is 0.497 e. The summed E-state index contributed by atoms with van der Waals surface area (Å²) in [6.45, 7) is 6.21. The van der Waals surface area contributed by atoms with Gasteiger partial charge >= 0.3 is 0 Å². The number of hydrogen-bond acceptors (Lipinski definition) is 3. The van der Waals surface area contributed by atoms with Crippen molar-refractivity contribution in [3.63, 3.8) is 0 Å². The Balaban J connectivity index is 1.84. The van der Waals surface area contributed by atoms with Gasteiger partial charge in [0.25, 0.3) is 0 Å². The van der Waals surface area contributed by atoms with Crippen molar-refractivity contribution in [1.29, 1.82) is 0 Å². The smallest absolute Gasteiger partial charge is 0.124 e. The van der Waals surface area contributed by atoms with Crippen LogP contribution in [0.25, 0.3) is 0 Å². The molecule has 1 atom stereocenters. The number of nitrogens with one attached hydrogen (secondary N) is 1. The molecule has 1 N–H and O–H groups in total. The van der Waals surface area contributed by atoms with E-state index in [0.717, 1.165) is 30.4 Å². The third-order valence-corrected chi connectivity index (χ3v) is 3.88. The van der Waals surface area contributed by atoms with Crippen molar-refractivity contribution in [2.45, 2.75) is 32.2 Å². The van der Waals surface area contributed by atoms with Crippen LogP contribution in [0.2, 0.25) is 0 Å². The van der Waals surface area contributed by atoms with Gasteiger partial charge in [-0.3, -0.25) is 0 Å². The van der Waals surface area contributed by atoms with E-state index in [1.807, 2.05) is 12.1 Å². The first-order valence-electron chi connectivity index (χ1n) is 7.13. The fourth-order valence-corrected chi connectivity index (χ4v) is 2.62. The van der Waals surface area contributed by atoms with Crippen LogP contribution in [-0.2, 0) is 6.54 Å². The monoisotopic (exact) mass is 271 g/mol. The Kier molecular flexibility index (Phi) is 3.38. The van der Waals surface area contributed by atoms with Crippen molar-refractivity contribution in [3.05, 3.63) is 41.6 Å². The van der Waals surface area contributed by atoms with E-state index in [2.05, 4.69) is 42.0 Å². The number of hydrogen-bond donors (Lipinski definition) is 1. The van der Waals surface area contributed by atoms with Crippen LogP contribution in [0.1, 0.15) is 36.9 Å².